The summed E-state index contributed by atoms with van der Waals surface area (Å²) in [7, 11) is 4.85. The van der Waals surface area contributed by atoms with E-state index < -0.39 is 14.2 Å². The van der Waals surface area contributed by atoms with E-state index >= 15 is 0 Å². The van der Waals surface area contributed by atoms with E-state index in [1.807, 2.05) is 0 Å². The number of ether oxygens (including phenoxy) is 3. The van der Waals surface area contributed by atoms with Crippen molar-refractivity contribution < 1.29 is 28.6 Å². The molecule has 0 fully saturated rings. The van der Waals surface area contributed by atoms with E-state index in [-0.39, 0.29) is 35.2 Å². The van der Waals surface area contributed by atoms with Gasteiger partial charge in [-0.15, -0.1) is 0 Å². The molecule has 0 saturated heterocycles. The van der Waals surface area contributed by atoms with Gasteiger partial charge in [-0.05, 0) is 0 Å². The molecule has 0 aliphatic heterocycles. The number of unbranched alkanes of at least 4 members (excludes halogenated alkanes) is 15. The molecule has 41 heavy (non-hydrogen) atoms. The Balaban J connectivity index is 4.53. The Hall–Kier alpha value is 0.259. The summed E-state index contributed by atoms with van der Waals surface area (Å²) in [5.74, 6) is 0.184. The minimum atomic E-state index is -3.18. The fourth-order valence-corrected chi connectivity index (χ4v) is 29.7. The molecule has 0 aliphatic carbocycles. The van der Waals surface area contributed by atoms with Gasteiger partial charge in [-0.25, -0.2) is 0 Å². The second-order valence-electron chi connectivity index (χ2n) is 10.7. The van der Waals surface area contributed by atoms with Crippen LogP contribution in [0, 0.1) is 0 Å². The molecule has 0 aromatic carbocycles. The zero-order valence-electron chi connectivity index (χ0n) is 26.6. The fourth-order valence-electron chi connectivity index (χ4n) is 4.03. The van der Waals surface area contributed by atoms with E-state index in [0.29, 0.717) is 19.8 Å². The molecular weight excluding hydrogens is 683 g/mol. The molecule has 0 spiro atoms. The zero-order chi connectivity index (χ0) is 30.4. The second kappa shape index (κ2) is 30.3. The number of esters is 3. The number of carbonyl (C=O) groups is 3. The third-order valence-corrected chi connectivity index (χ3v) is 40.8. The monoisotopic (exact) mass is 744 g/mol. The van der Waals surface area contributed by atoms with Crippen molar-refractivity contribution >= 4 is 59.0 Å². The summed E-state index contributed by atoms with van der Waals surface area (Å²) in [6.45, 7) is 8.00. The molecule has 0 aliphatic rings. The Bertz CT molecular complexity index is 570. The van der Waals surface area contributed by atoms with Gasteiger partial charge in [0.15, 0.2) is 0 Å². The van der Waals surface area contributed by atoms with Crippen LogP contribution in [0.2, 0.25) is 4.94 Å². The van der Waals surface area contributed by atoms with Gasteiger partial charge in [-0.1, -0.05) is 0 Å². The van der Waals surface area contributed by atoms with Gasteiger partial charge in [0.1, 0.15) is 0 Å². The van der Waals surface area contributed by atoms with Gasteiger partial charge in [0, 0.05) is 0 Å². The number of rotatable bonds is 30. The molecule has 242 valence electrons. The molecule has 0 unspecified atom stereocenters. The van der Waals surface area contributed by atoms with Gasteiger partial charge in [0.05, 0.1) is 0 Å². The van der Waals surface area contributed by atoms with Crippen molar-refractivity contribution in [3.8, 4) is 0 Å². The Morgan fingerprint density at radius 1 is 0.439 bits per heavy atom. The van der Waals surface area contributed by atoms with E-state index in [2.05, 4.69) is 25.7 Å². The van der Waals surface area contributed by atoms with Crippen LogP contribution in [0.3, 0.4) is 0 Å². The summed E-state index contributed by atoms with van der Waals surface area (Å²) in [5.41, 5.74) is 0. The van der Waals surface area contributed by atoms with Crippen LogP contribution in [-0.4, -0.2) is 69.2 Å². The molecule has 10 heteroatoms. The second-order valence-corrected chi connectivity index (χ2v) is 46.4. The van der Waals surface area contributed by atoms with E-state index in [9.17, 15) is 14.4 Å². The number of hydrogen-bond donors (Lipinski definition) is 0. The van der Waals surface area contributed by atoms with Crippen molar-refractivity contribution in [3.63, 3.8) is 0 Å². The van der Waals surface area contributed by atoms with E-state index in [1.54, 1.807) is 26.8 Å². The van der Waals surface area contributed by atoms with Crippen LogP contribution >= 0.6 is 26.8 Å². The summed E-state index contributed by atoms with van der Waals surface area (Å²) in [6, 6.07) is 0. The molecule has 0 atom stereocenters. The maximum atomic E-state index is 12.4. The van der Waals surface area contributed by atoms with Gasteiger partial charge >= 0.3 is 266 Å². The third-order valence-electron chi connectivity index (χ3n) is 6.64. The maximum absolute atomic E-state index is 12.4. The van der Waals surface area contributed by atoms with Crippen LogP contribution in [0.25, 0.3) is 0 Å². The van der Waals surface area contributed by atoms with Gasteiger partial charge in [-0.2, -0.15) is 0 Å². The van der Waals surface area contributed by atoms with Crippen LogP contribution in [0.1, 0.15) is 136 Å². The first-order valence-corrected chi connectivity index (χ1v) is 32.5. The van der Waals surface area contributed by atoms with E-state index in [4.69, 9.17) is 14.2 Å². The number of hydrogen-bond acceptors (Lipinski definition) is 9. The Labute approximate surface area is 264 Å². The van der Waals surface area contributed by atoms with Crippen molar-refractivity contribution in [3.05, 3.63) is 0 Å². The van der Waals surface area contributed by atoms with Crippen LogP contribution in [0.15, 0.2) is 0 Å². The predicted octanol–water partition coefficient (Wildman–Crippen LogP) is 9.47. The Morgan fingerprint density at radius 2 is 0.683 bits per heavy atom. The summed E-state index contributed by atoms with van der Waals surface area (Å²) >= 11 is -3.18. The summed E-state index contributed by atoms with van der Waals surface area (Å²) < 4.78 is 16.4. The zero-order valence-corrected chi connectivity index (χ0v) is 31.9. The van der Waals surface area contributed by atoms with E-state index in [1.165, 1.54) is 77.0 Å². The molecule has 0 heterocycles. The average Bonchev–Trinajstić information content (AvgIpc) is 2.96. The van der Waals surface area contributed by atoms with Gasteiger partial charge in [0.25, 0.3) is 0 Å². The first-order valence-electron chi connectivity index (χ1n) is 16.3. The van der Waals surface area contributed by atoms with Crippen molar-refractivity contribution in [2.45, 2.75) is 141 Å². The van der Waals surface area contributed by atoms with Gasteiger partial charge in [0.2, 0.25) is 0 Å². The quantitative estimate of drug-likeness (QED) is 0.0310. The minimum absolute atomic E-state index is 0.205. The van der Waals surface area contributed by atoms with Crippen LogP contribution in [0.5, 0.6) is 0 Å². The molecule has 0 N–H and O–H groups in total. The molecule has 6 nitrogen and oxygen atoms in total. The van der Waals surface area contributed by atoms with Crippen molar-refractivity contribution in [2.75, 3.05) is 37.1 Å². The van der Waals surface area contributed by atoms with Crippen molar-refractivity contribution in [1.82, 2.24) is 0 Å². The van der Waals surface area contributed by atoms with Crippen LogP contribution in [-0.2, 0) is 28.6 Å². The molecule has 0 bridgehead atoms. The Morgan fingerprint density at radius 3 is 0.951 bits per heavy atom. The molecule has 0 amide bonds. The summed E-state index contributed by atoms with van der Waals surface area (Å²) in [5, 5.41) is 0. The molecule has 0 rings (SSSR count). The van der Waals surface area contributed by atoms with Gasteiger partial charge < -0.3 is 0 Å². The first kappa shape index (κ1) is 41.3. The predicted molar refractivity (Wildman–Crippen MR) is 182 cm³/mol. The first-order chi connectivity index (χ1) is 19.9. The fraction of sp³-hybridized carbons (Fsp3) is 0.903. The SMILES string of the molecule is CCCCCCCCOC(=O)C[S][Sn]([CH3])([S]CC(=O)OCCCCCCCC)[S]CC(=O)OCCCCCCCC. The normalized spacial score (nSPS) is 11.4. The molecule has 0 saturated carbocycles. The van der Waals surface area contributed by atoms with Crippen LogP contribution in [0.4, 0.5) is 0 Å². The van der Waals surface area contributed by atoms with Crippen LogP contribution < -0.4 is 0 Å². The van der Waals surface area contributed by atoms with E-state index in [0.717, 1.165) is 38.5 Å². The molecule has 0 radical (unpaired) electrons. The topological polar surface area (TPSA) is 78.9 Å². The Kier molecular flexibility index (Phi) is 30.5. The summed E-state index contributed by atoms with van der Waals surface area (Å²) in [6.07, 6.45) is 20.7. The molecule has 0 aromatic heterocycles. The number of carbonyl (C=O) groups excluding carboxylic acids is 3. The standard InChI is InChI=1S/3C10H20O2S.CH3.Sn/c3*1-2-3-4-5-6-7-8-12-10(11)9-13;;/h3*13H,2-9H2,1H3;1H3;/q;;;;+3/p-3. The van der Waals surface area contributed by atoms with Gasteiger partial charge in [-0.3, -0.25) is 0 Å². The summed E-state index contributed by atoms with van der Waals surface area (Å²) in [4.78, 5) is 39.4. The molecular formula is C31H60O6S3Sn. The third kappa shape index (κ3) is 28.8. The molecule has 0 aromatic rings. The average molecular weight is 744 g/mol. The van der Waals surface area contributed by atoms with Crippen molar-refractivity contribution in [2.24, 2.45) is 0 Å². The van der Waals surface area contributed by atoms with Crippen molar-refractivity contribution in [1.29, 1.82) is 0 Å².